The van der Waals surface area contributed by atoms with Crippen LogP contribution in [0.3, 0.4) is 0 Å². The van der Waals surface area contributed by atoms with Crippen LogP contribution < -0.4 is 22.5 Å². The first-order chi connectivity index (χ1) is 9.58. The molecule has 0 fully saturated rings. The van der Waals surface area contributed by atoms with E-state index in [9.17, 15) is 0 Å². The average Bonchev–Trinajstić information content (AvgIpc) is 2.39. The molecule has 0 aliphatic carbocycles. The van der Waals surface area contributed by atoms with Gasteiger partial charge in [0, 0.05) is 35.9 Å². The van der Waals surface area contributed by atoms with E-state index in [4.69, 9.17) is 22.3 Å². The van der Waals surface area contributed by atoms with Crippen molar-refractivity contribution in [3.05, 3.63) is 47.5 Å². The van der Waals surface area contributed by atoms with Crippen LogP contribution in [0.2, 0.25) is 0 Å². The summed E-state index contributed by atoms with van der Waals surface area (Å²) in [5.74, 6) is 0. The Hall–Kier alpha value is -2.40. The minimum Gasteiger partial charge on any atom is -0.399 e. The van der Waals surface area contributed by atoms with Crippen molar-refractivity contribution in [1.29, 1.82) is 0 Å². The number of hydrogen-bond acceptors (Lipinski definition) is 5. The van der Waals surface area contributed by atoms with E-state index < -0.39 is 0 Å². The van der Waals surface area contributed by atoms with Crippen LogP contribution in [0, 0.1) is 0 Å². The summed E-state index contributed by atoms with van der Waals surface area (Å²) in [4.78, 5) is 0. The minimum absolute atomic E-state index is 0.0827. The first-order valence-corrected chi connectivity index (χ1v) is 6.46. The maximum absolute atomic E-state index is 9.00. The molecule has 2 aromatic carbocycles. The lowest BCUT2D eigenvalue weighted by Crippen LogP contribution is -2.04. The van der Waals surface area contributed by atoms with Gasteiger partial charge in [0.15, 0.2) is 0 Å². The Labute approximate surface area is 118 Å². The van der Waals surface area contributed by atoms with Crippen LogP contribution in [0.1, 0.15) is 11.1 Å². The van der Waals surface area contributed by atoms with Crippen molar-refractivity contribution in [3.8, 4) is 0 Å². The second-order valence-electron chi connectivity index (χ2n) is 4.75. The van der Waals surface area contributed by atoms with Crippen LogP contribution in [0.5, 0.6) is 0 Å². The zero-order valence-electron chi connectivity index (χ0n) is 11.3. The van der Waals surface area contributed by atoms with Gasteiger partial charge in [0.2, 0.25) is 0 Å². The van der Waals surface area contributed by atoms with Crippen molar-refractivity contribution in [2.24, 2.45) is 0 Å². The largest absolute Gasteiger partial charge is 0.399 e. The van der Waals surface area contributed by atoms with Gasteiger partial charge in [0.1, 0.15) is 0 Å². The van der Waals surface area contributed by atoms with E-state index in [1.54, 1.807) is 6.07 Å². The summed E-state index contributed by atoms with van der Waals surface area (Å²) in [5, 5.41) is 12.3. The fraction of sp³-hybridized carbons (Fsp3) is 0.200. The van der Waals surface area contributed by atoms with Crippen LogP contribution in [0.4, 0.5) is 22.7 Å². The summed E-state index contributed by atoms with van der Waals surface area (Å²) in [5.41, 5.74) is 22.3. The van der Waals surface area contributed by atoms with Gasteiger partial charge in [0.25, 0.3) is 0 Å². The van der Waals surface area contributed by atoms with E-state index in [0.717, 1.165) is 16.8 Å². The molecule has 0 radical (unpaired) electrons. The van der Waals surface area contributed by atoms with Crippen LogP contribution in [0.15, 0.2) is 36.4 Å². The zero-order valence-corrected chi connectivity index (χ0v) is 11.3. The molecule has 0 heterocycles. The van der Waals surface area contributed by atoms with Crippen LogP contribution in [0.25, 0.3) is 0 Å². The van der Waals surface area contributed by atoms with E-state index >= 15 is 0 Å². The van der Waals surface area contributed by atoms with E-state index in [-0.39, 0.29) is 6.61 Å². The van der Waals surface area contributed by atoms with Crippen LogP contribution >= 0.6 is 0 Å². The molecule has 0 bridgehead atoms. The fourth-order valence-corrected chi connectivity index (χ4v) is 2.10. The second-order valence-corrected chi connectivity index (χ2v) is 4.75. The number of nitrogens with two attached hydrogens (primary N) is 3. The van der Waals surface area contributed by atoms with Crippen molar-refractivity contribution in [3.63, 3.8) is 0 Å². The van der Waals surface area contributed by atoms with E-state index in [1.807, 2.05) is 30.3 Å². The van der Waals surface area contributed by atoms with E-state index in [0.29, 0.717) is 30.0 Å². The number of nitrogens with one attached hydrogen (secondary N) is 1. The molecule has 0 aliphatic rings. The highest BCUT2D eigenvalue weighted by molar-refractivity contribution is 5.58. The SMILES string of the molecule is Nc1cc(N)cc(CNc2ccc(N)c(CCO)c2)c1. The molecule has 106 valence electrons. The summed E-state index contributed by atoms with van der Waals surface area (Å²) in [6.07, 6.45) is 0.548. The van der Waals surface area contributed by atoms with Crippen molar-refractivity contribution >= 4 is 22.7 Å². The van der Waals surface area contributed by atoms with E-state index in [1.165, 1.54) is 0 Å². The van der Waals surface area contributed by atoms with Gasteiger partial charge >= 0.3 is 0 Å². The Balaban J connectivity index is 2.08. The standard InChI is InChI=1S/C15H20N4O/c16-12-5-10(6-13(17)8-12)9-19-14-1-2-15(18)11(7-14)3-4-20/h1-2,5-8,19-20H,3-4,9,16-18H2. The van der Waals surface area contributed by atoms with Gasteiger partial charge in [-0.15, -0.1) is 0 Å². The smallest absolute Gasteiger partial charge is 0.0472 e. The molecule has 2 aromatic rings. The summed E-state index contributed by atoms with van der Waals surface area (Å²) in [7, 11) is 0. The van der Waals surface area contributed by atoms with Crippen molar-refractivity contribution in [2.45, 2.75) is 13.0 Å². The van der Waals surface area contributed by atoms with E-state index in [2.05, 4.69) is 5.32 Å². The first-order valence-electron chi connectivity index (χ1n) is 6.46. The molecule has 0 unspecified atom stereocenters. The quantitative estimate of drug-likeness (QED) is 0.531. The van der Waals surface area contributed by atoms with Crippen molar-refractivity contribution in [2.75, 3.05) is 29.1 Å². The lowest BCUT2D eigenvalue weighted by Gasteiger charge is -2.11. The molecule has 0 aliphatic heterocycles. The lowest BCUT2D eigenvalue weighted by atomic mass is 10.1. The third kappa shape index (κ3) is 3.55. The van der Waals surface area contributed by atoms with Crippen molar-refractivity contribution < 1.29 is 5.11 Å². The Morgan fingerprint density at radius 3 is 2.30 bits per heavy atom. The number of anilines is 4. The van der Waals surface area contributed by atoms with Gasteiger partial charge in [-0.2, -0.15) is 0 Å². The Morgan fingerprint density at radius 1 is 0.950 bits per heavy atom. The molecular weight excluding hydrogens is 252 g/mol. The monoisotopic (exact) mass is 272 g/mol. The Bertz CT molecular complexity index is 578. The predicted molar refractivity (Wildman–Crippen MR) is 84.2 cm³/mol. The highest BCUT2D eigenvalue weighted by Crippen LogP contribution is 2.20. The molecule has 5 nitrogen and oxygen atoms in total. The van der Waals surface area contributed by atoms with Crippen LogP contribution in [-0.4, -0.2) is 11.7 Å². The maximum atomic E-state index is 9.00. The topological polar surface area (TPSA) is 110 Å². The van der Waals surface area contributed by atoms with Gasteiger partial charge in [-0.05, 0) is 53.9 Å². The van der Waals surface area contributed by atoms with Gasteiger partial charge in [-0.25, -0.2) is 0 Å². The molecule has 0 atom stereocenters. The molecule has 8 N–H and O–H groups in total. The molecule has 2 rings (SSSR count). The van der Waals surface area contributed by atoms with Crippen molar-refractivity contribution in [1.82, 2.24) is 0 Å². The summed E-state index contributed by atoms with van der Waals surface area (Å²) < 4.78 is 0. The number of aliphatic hydroxyl groups excluding tert-OH is 1. The van der Waals surface area contributed by atoms with Crippen LogP contribution in [-0.2, 0) is 13.0 Å². The number of aliphatic hydroxyl groups is 1. The highest BCUT2D eigenvalue weighted by atomic mass is 16.2. The van der Waals surface area contributed by atoms with Gasteiger partial charge < -0.3 is 27.6 Å². The van der Waals surface area contributed by atoms with Gasteiger partial charge in [0.05, 0.1) is 0 Å². The third-order valence-electron chi connectivity index (χ3n) is 3.06. The Kier molecular flexibility index (Phi) is 4.32. The molecule has 0 aromatic heterocycles. The summed E-state index contributed by atoms with van der Waals surface area (Å²) in [6.45, 7) is 0.705. The molecular formula is C15H20N4O. The Morgan fingerprint density at radius 2 is 1.65 bits per heavy atom. The minimum atomic E-state index is 0.0827. The fourth-order valence-electron chi connectivity index (χ4n) is 2.10. The highest BCUT2D eigenvalue weighted by Gasteiger charge is 2.02. The molecule has 0 saturated carbocycles. The summed E-state index contributed by atoms with van der Waals surface area (Å²) in [6, 6.07) is 11.2. The number of benzene rings is 2. The predicted octanol–water partition coefficient (Wildman–Crippen LogP) is 1.58. The number of nitrogen functional groups attached to an aromatic ring is 3. The molecule has 5 heteroatoms. The number of rotatable bonds is 5. The average molecular weight is 272 g/mol. The summed E-state index contributed by atoms with van der Waals surface area (Å²) >= 11 is 0. The van der Waals surface area contributed by atoms with Gasteiger partial charge in [-0.3, -0.25) is 0 Å². The number of hydrogen-bond donors (Lipinski definition) is 5. The molecule has 0 spiro atoms. The second kappa shape index (κ2) is 6.16. The van der Waals surface area contributed by atoms with Gasteiger partial charge in [-0.1, -0.05) is 0 Å². The maximum Gasteiger partial charge on any atom is 0.0472 e. The molecule has 0 amide bonds. The lowest BCUT2D eigenvalue weighted by molar-refractivity contribution is 0.300. The zero-order chi connectivity index (χ0) is 14.5. The third-order valence-corrected chi connectivity index (χ3v) is 3.06. The first kappa shape index (κ1) is 14.0. The normalized spacial score (nSPS) is 10.4. The molecule has 0 saturated heterocycles. The molecule has 20 heavy (non-hydrogen) atoms.